The van der Waals surface area contributed by atoms with E-state index in [0.29, 0.717) is 24.9 Å². The molecule has 22 heavy (non-hydrogen) atoms. The average Bonchev–Trinajstić information content (AvgIpc) is 2.50. The molecule has 1 atom stereocenters. The molecule has 1 heterocycles. The van der Waals surface area contributed by atoms with E-state index in [9.17, 15) is 9.59 Å². The van der Waals surface area contributed by atoms with Crippen LogP contribution in [-0.4, -0.2) is 24.4 Å². The molecule has 0 aromatic heterocycles. The smallest absolute Gasteiger partial charge is 0.251 e. The highest BCUT2D eigenvalue weighted by Gasteiger charge is 2.17. The maximum absolute atomic E-state index is 12.3. The number of nitrogens with one attached hydrogen (secondary N) is 2. The molecule has 1 aromatic rings. The van der Waals surface area contributed by atoms with Gasteiger partial charge in [0.05, 0.1) is 0 Å². The van der Waals surface area contributed by atoms with E-state index >= 15 is 0 Å². The molecule has 0 saturated heterocycles. The van der Waals surface area contributed by atoms with Crippen LogP contribution in [-0.2, 0) is 11.2 Å². The highest BCUT2D eigenvalue weighted by atomic mass is 35.5. The molecular weight excluding hydrogens is 302 g/mol. The first kappa shape index (κ1) is 18.5. The van der Waals surface area contributed by atoms with Gasteiger partial charge in [0, 0.05) is 30.3 Å². The number of amides is 2. The van der Waals surface area contributed by atoms with Crippen LogP contribution in [0.4, 0.5) is 5.69 Å². The van der Waals surface area contributed by atoms with E-state index in [4.69, 9.17) is 5.73 Å². The van der Waals surface area contributed by atoms with Crippen molar-refractivity contribution >= 4 is 29.9 Å². The molecule has 0 radical (unpaired) electrons. The molecular formula is C16H24ClN3O2. The third-order valence-electron chi connectivity index (χ3n) is 3.79. The van der Waals surface area contributed by atoms with Crippen LogP contribution in [0.15, 0.2) is 18.2 Å². The van der Waals surface area contributed by atoms with Gasteiger partial charge in [-0.2, -0.15) is 0 Å². The van der Waals surface area contributed by atoms with E-state index in [1.54, 1.807) is 12.1 Å². The molecule has 2 rings (SSSR count). The summed E-state index contributed by atoms with van der Waals surface area (Å²) in [5.74, 6) is -0.0660. The first-order valence-corrected chi connectivity index (χ1v) is 7.57. The first-order chi connectivity index (χ1) is 10.1. The Bertz CT molecular complexity index is 534. The van der Waals surface area contributed by atoms with Gasteiger partial charge in [-0.15, -0.1) is 12.4 Å². The van der Waals surface area contributed by atoms with Gasteiger partial charge in [0.1, 0.15) is 0 Å². The Morgan fingerprint density at radius 1 is 1.41 bits per heavy atom. The van der Waals surface area contributed by atoms with Crippen molar-refractivity contribution in [1.82, 2.24) is 5.32 Å². The fraction of sp³-hybridized carbons (Fsp3) is 0.500. The zero-order valence-corrected chi connectivity index (χ0v) is 13.7. The summed E-state index contributed by atoms with van der Waals surface area (Å²) < 4.78 is 0. The molecule has 0 bridgehead atoms. The minimum absolute atomic E-state index is 0. The molecule has 0 spiro atoms. The lowest BCUT2D eigenvalue weighted by molar-refractivity contribution is -0.116. The van der Waals surface area contributed by atoms with Crippen molar-refractivity contribution in [3.8, 4) is 0 Å². The highest BCUT2D eigenvalue weighted by Crippen LogP contribution is 2.23. The van der Waals surface area contributed by atoms with Crippen LogP contribution in [0.5, 0.6) is 0 Å². The van der Waals surface area contributed by atoms with E-state index in [1.165, 1.54) is 0 Å². The number of fused-ring (bicyclic) bond motifs is 1. The molecule has 4 N–H and O–H groups in total. The molecule has 0 saturated carbocycles. The maximum atomic E-state index is 12.3. The Morgan fingerprint density at radius 3 is 2.86 bits per heavy atom. The predicted octanol–water partition coefficient (Wildman–Crippen LogP) is 2.24. The molecule has 1 aromatic carbocycles. The average molecular weight is 326 g/mol. The summed E-state index contributed by atoms with van der Waals surface area (Å²) in [5, 5.41) is 5.80. The second kappa shape index (κ2) is 8.76. The largest absolute Gasteiger partial charge is 0.348 e. The summed E-state index contributed by atoms with van der Waals surface area (Å²) in [6.45, 7) is 2.57. The fourth-order valence-electron chi connectivity index (χ4n) is 2.49. The van der Waals surface area contributed by atoms with Gasteiger partial charge in [0.2, 0.25) is 5.91 Å². The Balaban J connectivity index is 0.00000242. The standard InChI is InChI=1S/C16H23N3O2.ClH/c1-2-3-4-13(10-17)18-16(21)12-5-7-14-11(9-12)6-8-15(20)19-14;/h5,7,9,13H,2-4,6,8,10,17H2,1H3,(H,18,21)(H,19,20);1H. The molecule has 5 nitrogen and oxygen atoms in total. The minimum atomic E-state index is -0.0961. The zero-order chi connectivity index (χ0) is 15.2. The van der Waals surface area contributed by atoms with Gasteiger partial charge >= 0.3 is 0 Å². The number of halogens is 1. The predicted molar refractivity (Wildman–Crippen MR) is 90.5 cm³/mol. The third kappa shape index (κ3) is 4.71. The quantitative estimate of drug-likeness (QED) is 0.750. The van der Waals surface area contributed by atoms with Crippen molar-refractivity contribution < 1.29 is 9.59 Å². The van der Waals surface area contributed by atoms with Gasteiger partial charge in [-0.3, -0.25) is 9.59 Å². The number of carbonyl (C=O) groups is 2. The Hall–Kier alpha value is -1.59. The van der Waals surface area contributed by atoms with Crippen molar-refractivity contribution in [2.45, 2.75) is 45.1 Å². The number of anilines is 1. The Morgan fingerprint density at radius 2 is 2.18 bits per heavy atom. The van der Waals surface area contributed by atoms with E-state index in [-0.39, 0.29) is 30.3 Å². The van der Waals surface area contributed by atoms with Crippen LogP contribution in [0.25, 0.3) is 0 Å². The number of benzene rings is 1. The van der Waals surface area contributed by atoms with E-state index in [0.717, 1.165) is 30.5 Å². The number of carbonyl (C=O) groups excluding carboxylic acids is 2. The lowest BCUT2D eigenvalue weighted by atomic mass is 10.00. The number of unbranched alkanes of at least 4 members (excludes halogenated alkanes) is 1. The zero-order valence-electron chi connectivity index (χ0n) is 12.9. The summed E-state index contributed by atoms with van der Waals surface area (Å²) in [7, 11) is 0. The second-order valence-electron chi connectivity index (χ2n) is 5.47. The summed E-state index contributed by atoms with van der Waals surface area (Å²) in [4.78, 5) is 23.6. The minimum Gasteiger partial charge on any atom is -0.348 e. The molecule has 2 amide bonds. The van der Waals surface area contributed by atoms with Crippen molar-refractivity contribution in [2.75, 3.05) is 11.9 Å². The van der Waals surface area contributed by atoms with Crippen LogP contribution in [0, 0.1) is 0 Å². The second-order valence-corrected chi connectivity index (χ2v) is 5.47. The lowest BCUT2D eigenvalue weighted by Crippen LogP contribution is -2.40. The summed E-state index contributed by atoms with van der Waals surface area (Å²) >= 11 is 0. The normalized spacial score (nSPS) is 14.4. The summed E-state index contributed by atoms with van der Waals surface area (Å²) in [6, 6.07) is 5.42. The van der Waals surface area contributed by atoms with Crippen molar-refractivity contribution in [2.24, 2.45) is 5.73 Å². The van der Waals surface area contributed by atoms with Gasteiger partial charge in [-0.25, -0.2) is 0 Å². The van der Waals surface area contributed by atoms with Gasteiger partial charge in [0.15, 0.2) is 0 Å². The molecule has 0 fully saturated rings. The van der Waals surface area contributed by atoms with Crippen LogP contribution in [0.1, 0.15) is 48.5 Å². The number of nitrogens with two attached hydrogens (primary N) is 1. The number of rotatable bonds is 6. The van der Waals surface area contributed by atoms with Gasteiger partial charge in [-0.05, 0) is 36.6 Å². The maximum Gasteiger partial charge on any atom is 0.251 e. The molecule has 0 aliphatic carbocycles. The number of aryl methyl sites for hydroxylation is 1. The molecule has 6 heteroatoms. The van der Waals surface area contributed by atoms with E-state index < -0.39 is 0 Å². The Labute approximate surface area is 137 Å². The lowest BCUT2D eigenvalue weighted by Gasteiger charge is -2.19. The van der Waals surface area contributed by atoms with E-state index in [1.807, 2.05) is 6.07 Å². The van der Waals surface area contributed by atoms with Crippen LogP contribution < -0.4 is 16.4 Å². The molecule has 1 aliphatic rings. The third-order valence-corrected chi connectivity index (χ3v) is 3.79. The topological polar surface area (TPSA) is 84.2 Å². The van der Waals surface area contributed by atoms with Crippen molar-refractivity contribution in [1.29, 1.82) is 0 Å². The monoisotopic (exact) mass is 325 g/mol. The van der Waals surface area contributed by atoms with Gasteiger partial charge in [-0.1, -0.05) is 19.8 Å². The first-order valence-electron chi connectivity index (χ1n) is 7.57. The van der Waals surface area contributed by atoms with Gasteiger partial charge < -0.3 is 16.4 Å². The highest BCUT2D eigenvalue weighted by molar-refractivity contribution is 5.98. The molecule has 1 aliphatic heterocycles. The number of hydrogen-bond acceptors (Lipinski definition) is 3. The molecule has 1 unspecified atom stereocenters. The SMILES string of the molecule is CCCCC(CN)NC(=O)c1ccc2c(c1)CCC(=O)N2.Cl. The summed E-state index contributed by atoms with van der Waals surface area (Å²) in [5.41, 5.74) is 8.15. The van der Waals surface area contributed by atoms with Gasteiger partial charge in [0.25, 0.3) is 5.91 Å². The summed E-state index contributed by atoms with van der Waals surface area (Å²) in [6.07, 6.45) is 4.20. The number of hydrogen-bond donors (Lipinski definition) is 3. The van der Waals surface area contributed by atoms with Crippen LogP contribution >= 0.6 is 12.4 Å². The van der Waals surface area contributed by atoms with E-state index in [2.05, 4.69) is 17.6 Å². The van der Waals surface area contributed by atoms with Crippen molar-refractivity contribution in [3.05, 3.63) is 29.3 Å². The fourth-order valence-corrected chi connectivity index (χ4v) is 2.49. The molecule has 122 valence electrons. The van der Waals surface area contributed by atoms with Crippen molar-refractivity contribution in [3.63, 3.8) is 0 Å². The Kier molecular flexibility index (Phi) is 7.35. The van der Waals surface area contributed by atoms with Crippen LogP contribution in [0.2, 0.25) is 0 Å². The van der Waals surface area contributed by atoms with Crippen LogP contribution in [0.3, 0.4) is 0 Å².